The van der Waals surface area contributed by atoms with Crippen molar-refractivity contribution in [2.24, 2.45) is 0 Å². The predicted octanol–water partition coefficient (Wildman–Crippen LogP) is 0.974. The van der Waals surface area contributed by atoms with Gasteiger partial charge in [-0.2, -0.15) is 5.21 Å². The summed E-state index contributed by atoms with van der Waals surface area (Å²) in [6.45, 7) is 6.33. The van der Waals surface area contributed by atoms with Gasteiger partial charge in [-0.25, -0.2) is 5.01 Å². The van der Waals surface area contributed by atoms with Crippen molar-refractivity contribution in [3.63, 3.8) is 0 Å². The fourth-order valence-electron chi connectivity index (χ4n) is 2.51. The first kappa shape index (κ1) is 18.2. The molecule has 2 rings (SSSR count). The second-order valence-corrected chi connectivity index (χ2v) is 5.07. The van der Waals surface area contributed by atoms with E-state index in [4.69, 9.17) is 0 Å². The molecule has 0 radical (unpaired) electrons. The van der Waals surface area contributed by atoms with E-state index in [0.29, 0.717) is 13.0 Å². The van der Waals surface area contributed by atoms with Crippen LogP contribution in [0.25, 0.3) is 0 Å². The van der Waals surface area contributed by atoms with Gasteiger partial charge in [0.1, 0.15) is 0 Å². The van der Waals surface area contributed by atoms with Gasteiger partial charge in [0, 0.05) is 47.0 Å². The molecule has 0 spiro atoms. The van der Waals surface area contributed by atoms with E-state index >= 15 is 0 Å². The van der Waals surface area contributed by atoms with E-state index < -0.39 is 0 Å². The van der Waals surface area contributed by atoms with E-state index in [2.05, 4.69) is 32.6 Å². The van der Waals surface area contributed by atoms with Crippen molar-refractivity contribution in [1.29, 1.82) is 0 Å². The van der Waals surface area contributed by atoms with Crippen molar-refractivity contribution in [2.45, 2.75) is 44.9 Å². The predicted molar refractivity (Wildman–Crippen MR) is 74.2 cm³/mol. The Kier molecular flexibility index (Phi) is 8.69. The van der Waals surface area contributed by atoms with Crippen LogP contribution in [0.5, 0.6) is 0 Å². The van der Waals surface area contributed by atoms with Crippen molar-refractivity contribution in [1.82, 2.24) is 30.6 Å². The number of unbranched alkanes of at least 4 members (excludes halogenated alkanes) is 3. The van der Waals surface area contributed by atoms with Crippen LogP contribution in [0.2, 0.25) is 0 Å². The molecule has 118 valence electrons. The minimum Gasteiger partial charge on any atom is -0.328 e. The largest absolute Gasteiger partial charge is 0.328 e. The van der Waals surface area contributed by atoms with Gasteiger partial charge in [-0.05, 0) is 19.3 Å². The zero-order valence-corrected chi connectivity index (χ0v) is 15.3. The molecule has 1 amide bonds. The number of hydrogen-bond acceptors (Lipinski definition) is 5. The van der Waals surface area contributed by atoms with Crippen molar-refractivity contribution >= 4 is 5.91 Å². The molecule has 1 saturated heterocycles. The van der Waals surface area contributed by atoms with Gasteiger partial charge >= 0.3 is 0 Å². The van der Waals surface area contributed by atoms with Gasteiger partial charge in [0.2, 0.25) is 5.91 Å². The Hall–Kier alpha value is -0.812. The zero-order chi connectivity index (χ0) is 14.2. The number of hydrazine groups is 1. The number of nitrogens with zero attached hydrogens (tertiary/aromatic N) is 5. The maximum atomic E-state index is 11.9. The van der Waals surface area contributed by atoms with Crippen molar-refractivity contribution in [3.8, 4) is 0 Å². The molecule has 1 aromatic heterocycles. The third kappa shape index (κ3) is 5.83. The first-order chi connectivity index (χ1) is 9.81. The summed E-state index contributed by atoms with van der Waals surface area (Å²) >= 11 is 0. The van der Waals surface area contributed by atoms with Gasteiger partial charge in [0.25, 0.3) is 0 Å². The number of H-pyrrole nitrogens is 1. The van der Waals surface area contributed by atoms with E-state index in [1.54, 1.807) is 0 Å². The molecule has 8 heteroatoms. The molecule has 0 atom stereocenters. The van der Waals surface area contributed by atoms with E-state index in [1.807, 2.05) is 5.01 Å². The monoisotopic (exact) mass is 463 g/mol. The van der Waals surface area contributed by atoms with Gasteiger partial charge in [-0.15, -0.1) is 16.7 Å². The maximum absolute atomic E-state index is 11.9. The standard InChI is InChI=1S/C13H23N6O.W/c1-2-18-10-7-9-13(20)19(18)11-6-4-3-5-8-12-14-16-17-15-12;/h1-11H2,(H,14,15,16,17);/q-1;. The van der Waals surface area contributed by atoms with Crippen LogP contribution >= 0.6 is 0 Å². The molecule has 1 N–H and O–H groups in total. The van der Waals surface area contributed by atoms with Crippen LogP contribution in [0.1, 0.15) is 44.3 Å². The zero-order valence-electron chi connectivity index (χ0n) is 12.3. The van der Waals surface area contributed by atoms with Crippen LogP contribution in [0.4, 0.5) is 0 Å². The summed E-state index contributed by atoms with van der Waals surface area (Å²) in [5.41, 5.74) is 0. The van der Waals surface area contributed by atoms with Crippen LogP contribution in [-0.4, -0.2) is 56.2 Å². The molecule has 1 aromatic rings. The first-order valence-corrected chi connectivity index (χ1v) is 7.38. The Morgan fingerprint density at radius 2 is 2.05 bits per heavy atom. The fraction of sp³-hybridized carbons (Fsp3) is 0.769. The minimum absolute atomic E-state index is 0. The second-order valence-electron chi connectivity index (χ2n) is 5.07. The van der Waals surface area contributed by atoms with Gasteiger partial charge in [0.15, 0.2) is 5.82 Å². The molecular weight excluding hydrogens is 440 g/mol. The summed E-state index contributed by atoms with van der Waals surface area (Å²) in [6, 6.07) is 0. The smallest absolute Gasteiger partial charge is 0.236 e. The molecule has 0 bridgehead atoms. The van der Waals surface area contributed by atoms with Gasteiger partial charge < -0.3 is 6.92 Å². The Morgan fingerprint density at radius 1 is 1.24 bits per heavy atom. The van der Waals surface area contributed by atoms with E-state index in [1.165, 1.54) is 0 Å². The first-order valence-electron chi connectivity index (χ1n) is 7.38. The number of aromatic amines is 1. The van der Waals surface area contributed by atoms with Crippen molar-refractivity contribution < 1.29 is 25.9 Å². The van der Waals surface area contributed by atoms with Crippen LogP contribution < -0.4 is 0 Å². The Morgan fingerprint density at radius 3 is 2.76 bits per heavy atom. The van der Waals surface area contributed by atoms with E-state index in [-0.39, 0.29) is 27.0 Å². The fourth-order valence-corrected chi connectivity index (χ4v) is 2.51. The molecular formula is C13H23N6OW-. The number of carbonyl (C=O) groups excluding carboxylic acids is 1. The number of aryl methyl sites for hydroxylation is 1. The van der Waals surface area contributed by atoms with Crippen molar-refractivity contribution in [2.75, 3.05) is 19.6 Å². The normalized spacial score (nSPS) is 16.0. The average Bonchev–Trinajstić information content (AvgIpc) is 2.97. The Labute approximate surface area is 140 Å². The number of carbonyl (C=O) groups is 1. The molecule has 0 saturated carbocycles. The SMILES string of the molecule is [CH2-]CN1CCCC(=O)N1CCCCCCc1nn[nH]n1.[W]. The molecule has 0 aliphatic carbocycles. The summed E-state index contributed by atoms with van der Waals surface area (Å²) in [7, 11) is 0. The molecule has 0 aromatic carbocycles. The van der Waals surface area contributed by atoms with E-state index in [0.717, 1.165) is 57.4 Å². The number of rotatable bonds is 8. The Balaban J connectivity index is 0.00000220. The van der Waals surface area contributed by atoms with Crippen LogP contribution in [-0.2, 0) is 32.3 Å². The minimum atomic E-state index is 0. The molecule has 21 heavy (non-hydrogen) atoms. The van der Waals surface area contributed by atoms with Crippen LogP contribution in [0.15, 0.2) is 0 Å². The number of tetrazole rings is 1. The quantitative estimate of drug-likeness (QED) is 0.460. The third-order valence-corrected chi connectivity index (χ3v) is 3.60. The van der Waals surface area contributed by atoms with Gasteiger partial charge in [0.05, 0.1) is 0 Å². The van der Waals surface area contributed by atoms with E-state index in [9.17, 15) is 4.79 Å². The summed E-state index contributed by atoms with van der Waals surface area (Å²) in [5.74, 6) is 1.02. The summed E-state index contributed by atoms with van der Waals surface area (Å²) in [4.78, 5) is 11.9. The van der Waals surface area contributed by atoms with Crippen LogP contribution in [0, 0.1) is 6.92 Å². The van der Waals surface area contributed by atoms with Gasteiger partial charge in [-0.1, -0.05) is 18.1 Å². The molecule has 1 aliphatic rings. The molecule has 1 aliphatic heterocycles. The Bertz CT molecular complexity index is 399. The topological polar surface area (TPSA) is 78.0 Å². The van der Waals surface area contributed by atoms with Crippen molar-refractivity contribution in [3.05, 3.63) is 12.7 Å². The number of nitrogens with one attached hydrogen (secondary N) is 1. The molecule has 0 unspecified atom stereocenters. The third-order valence-electron chi connectivity index (χ3n) is 3.60. The molecule has 1 fully saturated rings. The van der Waals surface area contributed by atoms with Gasteiger partial charge in [-0.3, -0.25) is 9.80 Å². The summed E-state index contributed by atoms with van der Waals surface area (Å²) in [6.07, 6.45) is 6.84. The second kappa shape index (κ2) is 10.0. The van der Waals surface area contributed by atoms with Crippen LogP contribution in [0.3, 0.4) is 0 Å². The maximum Gasteiger partial charge on any atom is 0.236 e. The summed E-state index contributed by atoms with van der Waals surface area (Å²) in [5, 5.41) is 17.8. The number of hydrogen-bond donors (Lipinski definition) is 1. The number of amides is 1. The molecule has 2 heterocycles. The molecule has 7 nitrogen and oxygen atoms in total. The number of aromatic nitrogens is 4. The summed E-state index contributed by atoms with van der Waals surface area (Å²) < 4.78 is 0. The average molecular weight is 463 g/mol.